The van der Waals surface area contributed by atoms with E-state index < -0.39 is 0 Å². The second-order valence-corrected chi connectivity index (χ2v) is 6.62. The van der Waals surface area contributed by atoms with Gasteiger partial charge in [0.05, 0.1) is 13.7 Å². The molecule has 0 amide bonds. The zero-order valence-corrected chi connectivity index (χ0v) is 17.5. The number of nitrogens with zero attached hydrogens (tertiary/aromatic N) is 1. The molecule has 0 aliphatic carbocycles. The van der Waals surface area contributed by atoms with E-state index in [1.165, 1.54) is 18.4 Å². The van der Waals surface area contributed by atoms with Crippen LogP contribution < -0.4 is 14.8 Å². The third-order valence-electron chi connectivity index (χ3n) is 4.48. The molecule has 4 nitrogen and oxygen atoms in total. The molecule has 0 bridgehead atoms. The first-order valence-electron chi connectivity index (χ1n) is 8.91. The molecule has 0 unspecified atom stereocenters. The van der Waals surface area contributed by atoms with Crippen LogP contribution in [0.1, 0.15) is 45.2 Å². The van der Waals surface area contributed by atoms with Crippen LogP contribution in [-0.4, -0.2) is 44.8 Å². The third-order valence-corrected chi connectivity index (χ3v) is 4.48. The lowest BCUT2D eigenvalue weighted by atomic mass is 9.95. The number of ether oxygens (including phenoxy) is 2. The van der Waals surface area contributed by atoms with Crippen LogP contribution in [-0.2, 0) is 0 Å². The molecule has 1 aliphatic rings. The number of methoxy groups -OCH3 is 1. The Morgan fingerprint density at radius 1 is 1.08 bits per heavy atom. The van der Waals surface area contributed by atoms with E-state index in [1.54, 1.807) is 7.11 Å². The van der Waals surface area contributed by atoms with Crippen LogP contribution in [0.15, 0.2) is 18.2 Å². The molecule has 1 N–H and O–H groups in total. The van der Waals surface area contributed by atoms with Gasteiger partial charge in [0.2, 0.25) is 0 Å². The van der Waals surface area contributed by atoms with Crippen LogP contribution in [0.3, 0.4) is 0 Å². The first kappa shape index (κ1) is 24.3. The maximum absolute atomic E-state index is 5.66. The smallest absolute Gasteiger partial charge is 0.161 e. The fraction of sp³-hybridized carbons (Fsp3) is 0.684. The summed E-state index contributed by atoms with van der Waals surface area (Å²) in [6.45, 7) is 11.6. The van der Waals surface area contributed by atoms with Crippen molar-refractivity contribution in [3.05, 3.63) is 23.8 Å². The topological polar surface area (TPSA) is 33.7 Å². The maximum atomic E-state index is 5.66. The van der Waals surface area contributed by atoms with E-state index in [0.29, 0.717) is 12.6 Å². The molecule has 1 aliphatic heterocycles. The summed E-state index contributed by atoms with van der Waals surface area (Å²) >= 11 is 0. The van der Waals surface area contributed by atoms with E-state index in [-0.39, 0.29) is 24.8 Å². The molecule has 1 aromatic carbocycles. The molecule has 25 heavy (non-hydrogen) atoms. The molecule has 146 valence electrons. The standard InChI is InChI=1S/C19H32N2O2.2ClH/c1-5-23-18-9-7-16(14-19(18)22-4)17(8-6-15(2)3)21-12-10-20-11-13-21;;/h7,9,14-15,17,20H,5-6,8,10-13H2,1-4H3;2*1H/t17-;;/m1../s1. The Labute approximate surface area is 165 Å². The summed E-state index contributed by atoms with van der Waals surface area (Å²) in [6, 6.07) is 6.89. The van der Waals surface area contributed by atoms with Crippen LogP contribution in [0, 0.1) is 5.92 Å². The summed E-state index contributed by atoms with van der Waals surface area (Å²) in [5.41, 5.74) is 1.34. The van der Waals surface area contributed by atoms with Crippen molar-refractivity contribution in [3.8, 4) is 11.5 Å². The molecule has 1 heterocycles. The summed E-state index contributed by atoms with van der Waals surface area (Å²) in [5.74, 6) is 2.40. The minimum atomic E-state index is 0. The quantitative estimate of drug-likeness (QED) is 0.713. The van der Waals surface area contributed by atoms with Gasteiger partial charge in [-0.05, 0) is 43.4 Å². The Kier molecular flexibility index (Phi) is 12.3. The van der Waals surface area contributed by atoms with Crippen LogP contribution in [0.25, 0.3) is 0 Å². The minimum Gasteiger partial charge on any atom is -0.493 e. The lowest BCUT2D eigenvalue weighted by Crippen LogP contribution is -2.45. The zero-order chi connectivity index (χ0) is 16.7. The molecular formula is C19H34Cl2N2O2. The van der Waals surface area contributed by atoms with Gasteiger partial charge in [-0.15, -0.1) is 24.8 Å². The number of benzene rings is 1. The fourth-order valence-electron chi connectivity index (χ4n) is 3.21. The van der Waals surface area contributed by atoms with E-state index in [2.05, 4.69) is 42.3 Å². The summed E-state index contributed by atoms with van der Waals surface area (Å²) in [7, 11) is 1.72. The Bertz CT molecular complexity index is 480. The highest BCUT2D eigenvalue weighted by molar-refractivity contribution is 5.85. The number of rotatable bonds is 8. The summed E-state index contributed by atoms with van der Waals surface area (Å²) in [4.78, 5) is 2.61. The average Bonchev–Trinajstić information content (AvgIpc) is 2.57. The molecule has 0 spiro atoms. The Morgan fingerprint density at radius 2 is 1.76 bits per heavy atom. The van der Waals surface area contributed by atoms with Gasteiger partial charge in [0.1, 0.15) is 0 Å². The highest BCUT2D eigenvalue weighted by Crippen LogP contribution is 2.34. The van der Waals surface area contributed by atoms with Gasteiger partial charge in [0.25, 0.3) is 0 Å². The summed E-state index contributed by atoms with van der Waals surface area (Å²) in [6.07, 6.45) is 2.43. The van der Waals surface area contributed by atoms with Crippen molar-refractivity contribution in [1.29, 1.82) is 0 Å². The number of nitrogens with one attached hydrogen (secondary N) is 1. The summed E-state index contributed by atoms with van der Waals surface area (Å²) < 4.78 is 11.2. The van der Waals surface area contributed by atoms with Gasteiger partial charge >= 0.3 is 0 Å². The second-order valence-electron chi connectivity index (χ2n) is 6.62. The van der Waals surface area contributed by atoms with E-state index >= 15 is 0 Å². The molecule has 1 aromatic rings. The molecule has 0 aromatic heterocycles. The van der Waals surface area contributed by atoms with Crippen LogP contribution >= 0.6 is 24.8 Å². The number of halogens is 2. The predicted molar refractivity (Wildman–Crippen MR) is 110 cm³/mol. The van der Waals surface area contributed by atoms with Crippen molar-refractivity contribution in [1.82, 2.24) is 10.2 Å². The van der Waals surface area contributed by atoms with E-state index in [4.69, 9.17) is 9.47 Å². The first-order chi connectivity index (χ1) is 11.2. The van der Waals surface area contributed by atoms with Gasteiger partial charge in [0.15, 0.2) is 11.5 Å². The summed E-state index contributed by atoms with van der Waals surface area (Å²) in [5, 5.41) is 3.45. The van der Waals surface area contributed by atoms with E-state index in [0.717, 1.165) is 43.6 Å². The highest BCUT2D eigenvalue weighted by atomic mass is 35.5. The minimum absolute atomic E-state index is 0. The van der Waals surface area contributed by atoms with Gasteiger partial charge in [-0.25, -0.2) is 0 Å². The average molecular weight is 393 g/mol. The SMILES string of the molecule is CCOc1ccc([C@@H](CCC(C)C)N2CCNCC2)cc1OC.Cl.Cl. The Morgan fingerprint density at radius 3 is 2.32 bits per heavy atom. The molecular weight excluding hydrogens is 359 g/mol. The molecule has 1 atom stereocenters. The predicted octanol–water partition coefficient (Wildman–Crippen LogP) is 4.32. The molecule has 0 saturated carbocycles. The normalized spacial score (nSPS) is 15.9. The van der Waals surface area contributed by atoms with Crippen LogP contribution in [0.4, 0.5) is 0 Å². The molecule has 2 rings (SSSR count). The van der Waals surface area contributed by atoms with E-state index in [1.807, 2.05) is 6.92 Å². The van der Waals surface area contributed by atoms with Gasteiger partial charge in [-0.1, -0.05) is 19.9 Å². The highest BCUT2D eigenvalue weighted by Gasteiger charge is 2.23. The van der Waals surface area contributed by atoms with Gasteiger partial charge in [-0.3, -0.25) is 4.90 Å². The molecule has 6 heteroatoms. The third kappa shape index (κ3) is 7.22. The van der Waals surface area contributed by atoms with E-state index in [9.17, 15) is 0 Å². The second kappa shape index (κ2) is 12.6. The first-order valence-corrected chi connectivity index (χ1v) is 8.91. The number of hydrogen-bond donors (Lipinski definition) is 1. The number of piperazine rings is 1. The zero-order valence-electron chi connectivity index (χ0n) is 15.9. The van der Waals surface area contributed by atoms with Gasteiger partial charge in [0, 0.05) is 32.2 Å². The molecule has 1 fully saturated rings. The molecule has 0 radical (unpaired) electrons. The van der Waals surface area contributed by atoms with Gasteiger partial charge in [-0.2, -0.15) is 0 Å². The fourth-order valence-corrected chi connectivity index (χ4v) is 3.21. The van der Waals surface area contributed by atoms with Crippen molar-refractivity contribution in [2.75, 3.05) is 39.9 Å². The van der Waals surface area contributed by atoms with Crippen molar-refractivity contribution < 1.29 is 9.47 Å². The molecule has 1 saturated heterocycles. The lowest BCUT2D eigenvalue weighted by molar-refractivity contribution is 0.159. The maximum Gasteiger partial charge on any atom is 0.161 e. The van der Waals surface area contributed by atoms with Crippen LogP contribution in [0.2, 0.25) is 0 Å². The Hall–Kier alpha value is -0.680. The van der Waals surface area contributed by atoms with Gasteiger partial charge < -0.3 is 14.8 Å². The monoisotopic (exact) mass is 392 g/mol. The Balaban J connectivity index is 0.00000288. The van der Waals surface area contributed by atoms with Crippen LogP contribution in [0.5, 0.6) is 11.5 Å². The largest absolute Gasteiger partial charge is 0.493 e. The van der Waals surface area contributed by atoms with Crippen molar-refractivity contribution in [2.24, 2.45) is 5.92 Å². The lowest BCUT2D eigenvalue weighted by Gasteiger charge is -2.36. The van der Waals surface area contributed by atoms with Crippen molar-refractivity contribution in [2.45, 2.75) is 39.7 Å². The van der Waals surface area contributed by atoms with Crippen molar-refractivity contribution >= 4 is 24.8 Å². The number of hydrogen-bond acceptors (Lipinski definition) is 4. The van der Waals surface area contributed by atoms with Crippen molar-refractivity contribution in [3.63, 3.8) is 0 Å².